The maximum atomic E-state index is 12.2. The number of carbonyl (C=O) groups is 2. The van der Waals surface area contributed by atoms with Crippen LogP contribution < -0.4 is 0 Å². The second-order valence-corrected chi connectivity index (χ2v) is 2.75. The van der Waals surface area contributed by atoms with Gasteiger partial charge in [-0.3, -0.25) is 4.90 Å². The highest BCUT2D eigenvalue weighted by Gasteiger charge is 2.40. The zero-order valence-electron chi connectivity index (χ0n) is 6.91. The molecular formula is C7H7F2NO4. The van der Waals surface area contributed by atoms with Crippen molar-refractivity contribution in [2.75, 3.05) is 6.54 Å². The van der Waals surface area contributed by atoms with Crippen LogP contribution in [0.1, 0.15) is 6.42 Å². The topological polar surface area (TPSA) is 77.8 Å². The third-order valence-electron chi connectivity index (χ3n) is 1.99. The molecule has 0 saturated carbocycles. The smallest absolute Gasteiger partial charge is 0.408 e. The van der Waals surface area contributed by atoms with Gasteiger partial charge < -0.3 is 10.2 Å². The predicted molar refractivity (Wildman–Crippen MR) is 40.0 cm³/mol. The van der Waals surface area contributed by atoms with Crippen molar-refractivity contribution in [3.05, 3.63) is 11.7 Å². The van der Waals surface area contributed by atoms with Crippen molar-refractivity contribution in [3.63, 3.8) is 0 Å². The lowest BCUT2D eigenvalue weighted by Crippen LogP contribution is -2.40. The average molecular weight is 207 g/mol. The van der Waals surface area contributed by atoms with E-state index < -0.39 is 29.8 Å². The van der Waals surface area contributed by atoms with E-state index in [1.54, 1.807) is 0 Å². The Morgan fingerprint density at radius 3 is 2.29 bits per heavy atom. The summed E-state index contributed by atoms with van der Waals surface area (Å²) in [5.74, 6) is -1.58. The molecule has 0 bridgehead atoms. The standard InChI is InChI=1S/C7H7F2NO4/c8-5(9)3-1-2-10(7(13)14)4(3)6(11)12/h4H,1-2H2,(H,11,12)(H,13,14). The van der Waals surface area contributed by atoms with Crippen LogP contribution >= 0.6 is 0 Å². The summed E-state index contributed by atoms with van der Waals surface area (Å²) in [5.41, 5.74) is -0.625. The largest absolute Gasteiger partial charge is 0.479 e. The van der Waals surface area contributed by atoms with Crippen LogP contribution in [0.3, 0.4) is 0 Å². The molecule has 1 amide bonds. The van der Waals surface area contributed by atoms with E-state index in [4.69, 9.17) is 10.2 Å². The number of aliphatic carboxylic acids is 1. The van der Waals surface area contributed by atoms with Gasteiger partial charge in [-0.05, 0) is 6.42 Å². The van der Waals surface area contributed by atoms with Crippen LogP contribution in [0.2, 0.25) is 0 Å². The molecule has 7 heteroatoms. The molecule has 1 unspecified atom stereocenters. The minimum Gasteiger partial charge on any atom is -0.479 e. The van der Waals surface area contributed by atoms with Crippen LogP contribution in [0.15, 0.2) is 11.7 Å². The zero-order chi connectivity index (χ0) is 10.9. The maximum absolute atomic E-state index is 12.2. The molecule has 1 rings (SSSR count). The van der Waals surface area contributed by atoms with Gasteiger partial charge in [0.1, 0.15) is 0 Å². The molecule has 1 heterocycles. The van der Waals surface area contributed by atoms with Crippen molar-refractivity contribution < 1.29 is 28.6 Å². The Balaban J connectivity index is 3.03. The monoisotopic (exact) mass is 207 g/mol. The normalized spacial score (nSPS) is 21.1. The van der Waals surface area contributed by atoms with Gasteiger partial charge in [0.2, 0.25) is 0 Å². The molecule has 1 fully saturated rings. The zero-order valence-corrected chi connectivity index (χ0v) is 6.91. The van der Waals surface area contributed by atoms with E-state index in [2.05, 4.69) is 0 Å². The number of likely N-dealkylation sites (tertiary alicyclic amines) is 1. The third-order valence-corrected chi connectivity index (χ3v) is 1.99. The van der Waals surface area contributed by atoms with Gasteiger partial charge in [0.15, 0.2) is 6.04 Å². The summed E-state index contributed by atoms with van der Waals surface area (Å²) in [4.78, 5) is 21.5. The van der Waals surface area contributed by atoms with Gasteiger partial charge in [-0.2, -0.15) is 8.78 Å². The van der Waals surface area contributed by atoms with E-state index in [1.807, 2.05) is 0 Å². The van der Waals surface area contributed by atoms with Crippen molar-refractivity contribution in [1.82, 2.24) is 4.90 Å². The molecular weight excluding hydrogens is 200 g/mol. The molecule has 0 aromatic heterocycles. The molecule has 0 aliphatic carbocycles. The van der Waals surface area contributed by atoms with Crippen LogP contribution in [0.5, 0.6) is 0 Å². The Morgan fingerprint density at radius 2 is 1.93 bits per heavy atom. The lowest BCUT2D eigenvalue weighted by atomic mass is 10.1. The van der Waals surface area contributed by atoms with E-state index in [0.717, 1.165) is 0 Å². The minimum atomic E-state index is -2.11. The molecule has 0 aromatic rings. The van der Waals surface area contributed by atoms with Crippen molar-refractivity contribution in [3.8, 4) is 0 Å². The summed E-state index contributed by atoms with van der Waals surface area (Å²) >= 11 is 0. The number of halogens is 2. The summed E-state index contributed by atoms with van der Waals surface area (Å²) in [6.45, 7) is -0.209. The van der Waals surface area contributed by atoms with Gasteiger partial charge in [-0.15, -0.1) is 0 Å². The molecule has 1 saturated heterocycles. The van der Waals surface area contributed by atoms with E-state index in [-0.39, 0.29) is 13.0 Å². The fraction of sp³-hybridized carbons (Fsp3) is 0.429. The fourth-order valence-electron chi connectivity index (χ4n) is 1.38. The summed E-state index contributed by atoms with van der Waals surface area (Å²) < 4.78 is 24.4. The maximum Gasteiger partial charge on any atom is 0.408 e. The van der Waals surface area contributed by atoms with E-state index in [9.17, 15) is 18.4 Å². The number of amides is 1. The Hall–Kier alpha value is -1.66. The van der Waals surface area contributed by atoms with Gasteiger partial charge in [0.25, 0.3) is 6.08 Å². The molecule has 5 nitrogen and oxygen atoms in total. The molecule has 0 radical (unpaired) electrons. The van der Waals surface area contributed by atoms with Crippen LogP contribution in [0, 0.1) is 0 Å². The first-order chi connectivity index (χ1) is 6.45. The van der Waals surface area contributed by atoms with E-state index >= 15 is 0 Å². The van der Waals surface area contributed by atoms with Crippen LogP contribution in [-0.2, 0) is 4.79 Å². The van der Waals surface area contributed by atoms with Gasteiger partial charge in [-0.1, -0.05) is 0 Å². The lowest BCUT2D eigenvalue weighted by Gasteiger charge is -2.17. The Bertz CT molecular complexity index is 311. The van der Waals surface area contributed by atoms with Gasteiger partial charge in [0, 0.05) is 12.1 Å². The van der Waals surface area contributed by atoms with Crippen LogP contribution in [-0.4, -0.2) is 39.8 Å². The molecule has 0 spiro atoms. The summed E-state index contributed by atoms with van der Waals surface area (Å²) in [5, 5.41) is 17.1. The van der Waals surface area contributed by atoms with Gasteiger partial charge >= 0.3 is 12.1 Å². The number of hydrogen-bond acceptors (Lipinski definition) is 2. The molecule has 1 aliphatic rings. The molecule has 14 heavy (non-hydrogen) atoms. The van der Waals surface area contributed by atoms with E-state index in [1.165, 1.54) is 0 Å². The summed E-state index contributed by atoms with van der Waals surface area (Å²) in [6, 6.07) is -1.74. The Morgan fingerprint density at radius 1 is 1.36 bits per heavy atom. The fourth-order valence-corrected chi connectivity index (χ4v) is 1.38. The quantitative estimate of drug-likeness (QED) is 0.671. The number of nitrogens with zero attached hydrogens (tertiary/aromatic N) is 1. The van der Waals surface area contributed by atoms with Crippen molar-refractivity contribution in [1.29, 1.82) is 0 Å². The van der Waals surface area contributed by atoms with Crippen molar-refractivity contribution >= 4 is 12.1 Å². The molecule has 2 N–H and O–H groups in total. The number of hydrogen-bond donors (Lipinski definition) is 2. The van der Waals surface area contributed by atoms with Crippen LogP contribution in [0.25, 0.3) is 0 Å². The highest BCUT2D eigenvalue weighted by atomic mass is 19.3. The predicted octanol–water partition coefficient (Wildman–Crippen LogP) is 0.974. The number of carboxylic acids is 1. The van der Waals surface area contributed by atoms with Gasteiger partial charge in [0.05, 0.1) is 0 Å². The highest BCUT2D eigenvalue weighted by molar-refractivity contribution is 5.83. The molecule has 0 aromatic carbocycles. The Labute approximate surface area is 77.2 Å². The Kier molecular flexibility index (Phi) is 2.68. The number of rotatable bonds is 1. The first-order valence-corrected chi connectivity index (χ1v) is 3.71. The second-order valence-electron chi connectivity index (χ2n) is 2.75. The molecule has 1 atom stereocenters. The van der Waals surface area contributed by atoms with Crippen LogP contribution in [0.4, 0.5) is 13.6 Å². The van der Waals surface area contributed by atoms with E-state index in [0.29, 0.717) is 4.90 Å². The molecule has 78 valence electrons. The summed E-state index contributed by atoms with van der Waals surface area (Å²) in [7, 11) is 0. The SMILES string of the molecule is O=C(O)C1C(=C(F)F)CCN1C(=O)O. The average Bonchev–Trinajstić information content (AvgIpc) is 2.46. The van der Waals surface area contributed by atoms with Crippen molar-refractivity contribution in [2.24, 2.45) is 0 Å². The highest BCUT2D eigenvalue weighted by Crippen LogP contribution is 2.27. The molecule has 1 aliphatic heterocycles. The first-order valence-electron chi connectivity index (χ1n) is 3.71. The van der Waals surface area contributed by atoms with Crippen molar-refractivity contribution in [2.45, 2.75) is 12.5 Å². The lowest BCUT2D eigenvalue weighted by molar-refractivity contribution is -0.140. The summed E-state index contributed by atoms with van der Waals surface area (Å²) in [6.07, 6.45) is -3.85. The number of carboxylic acid groups (broad SMARTS) is 2. The third kappa shape index (κ3) is 1.66. The second kappa shape index (κ2) is 3.60. The minimum absolute atomic E-state index is 0.209. The first kappa shape index (κ1) is 10.4. The van der Waals surface area contributed by atoms with Gasteiger partial charge in [-0.25, -0.2) is 9.59 Å².